The number of rotatable bonds is 5. The van der Waals surface area contributed by atoms with E-state index in [-0.39, 0.29) is 35.1 Å². The van der Waals surface area contributed by atoms with Crippen LogP contribution in [-0.4, -0.2) is 54.6 Å². The number of likely N-dealkylation sites (tertiary alicyclic amines) is 1. The van der Waals surface area contributed by atoms with Crippen LogP contribution in [0.3, 0.4) is 0 Å². The van der Waals surface area contributed by atoms with Gasteiger partial charge in [0.05, 0.1) is 23.3 Å². The van der Waals surface area contributed by atoms with Gasteiger partial charge in [-0.2, -0.15) is 0 Å². The molecule has 29 heavy (non-hydrogen) atoms. The summed E-state index contributed by atoms with van der Waals surface area (Å²) >= 11 is 5.81. The molecule has 2 saturated heterocycles. The number of amides is 2. The number of hydrogen-bond acceptors (Lipinski definition) is 5. The number of hydrogen-bond donors (Lipinski definition) is 1. The molecule has 7 nitrogen and oxygen atoms in total. The summed E-state index contributed by atoms with van der Waals surface area (Å²) in [5.41, 5.74) is 0.214. The lowest BCUT2D eigenvalue weighted by Gasteiger charge is -2.47. The standard InChI is InChI=1S/C18H18ClF3N2O5/c19-13-3-10(1-2-14(13)29-18(20,21)22)8-27-12-6-24(7-12)15(25)11-4-17(5-11)9-28-16(26)23-17/h1-3,11-12H,4-9H2,(H,23,26)/t11-,17+. The molecule has 3 aliphatic rings. The van der Waals surface area contributed by atoms with E-state index < -0.39 is 18.2 Å². The molecule has 1 N–H and O–H groups in total. The average Bonchev–Trinajstić information content (AvgIpc) is 2.95. The van der Waals surface area contributed by atoms with Crippen LogP contribution in [0, 0.1) is 5.92 Å². The van der Waals surface area contributed by atoms with E-state index in [0.29, 0.717) is 38.1 Å². The van der Waals surface area contributed by atoms with Gasteiger partial charge in [-0.3, -0.25) is 4.79 Å². The zero-order valence-electron chi connectivity index (χ0n) is 15.1. The van der Waals surface area contributed by atoms with Crippen LogP contribution in [0.25, 0.3) is 0 Å². The van der Waals surface area contributed by atoms with Crippen molar-refractivity contribution in [3.8, 4) is 5.75 Å². The fraction of sp³-hybridized carbons (Fsp3) is 0.556. The molecule has 11 heteroatoms. The SMILES string of the molecule is O=C1N[C@]2(CO1)C[C@H](C(=O)N1CC(OCc3ccc(OC(F)(F)F)c(Cl)c3)C1)C2. The van der Waals surface area contributed by atoms with Gasteiger partial charge in [0.2, 0.25) is 5.91 Å². The summed E-state index contributed by atoms with van der Waals surface area (Å²) in [7, 11) is 0. The molecule has 1 saturated carbocycles. The Labute approximate surface area is 169 Å². The van der Waals surface area contributed by atoms with E-state index in [4.69, 9.17) is 21.1 Å². The average molecular weight is 435 g/mol. The first-order chi connectivity index (χ1) is 13.6. The minimum absolute atomic E-state index is 0.0355. The zero-order chi connectivity index (χ0) is 20.8. The molecule has 1 aliphatic carbocycles. The second kappa shape index (κ2) is 7.24. The second-order valence-electron chi connectivity index (χ2n) is 7.58. The predicted octanol–water partition coefficient (Wildman–Crippen LogP) is 2.85. The van der Waals surface area contributed by atoms with E-state index in [1.165, 1.54) is 12.1 Å². The van der Waals surface area contributed by atoms with Gasteiger partial charge in [0.1, 0.15) is 12.4 Å². The number of halogens is 4. The van der Waals surface area contributed by atoms with Crippen LogP contribution >= 0.6 is 11.6 Å². The largest absolute Gasteiger partial charge is 0.573 e. The highest BCUT2D eigenvalue weighted by Gasteiger charge is 2.54. The van der Waals surface area contributed by atoms with Gasteiger partial charge >= 0.3 is 12.5 Å². The van der Waals surface area contributed by atoms with Crippen molar-refractivity contribution in [2.24, 2.45) is 5.92 Å². The van der Waals surface area contributed by atoms with E-state index in [1.807, 2.05) is 0 Å². The Kier molecular flexibility index (Phi) is 5.02. The van der Waals surface area contributed by atoms with Gasteiger partial charge in [0.25, 0.3) is 0 Å². The molecular weight excluding hydrogens is 417 g/mol. The molecule has 0 unspecified atom stereocenters. The van der Waals surface area contributed by atoms with Crippen LogP contribution < -0.4 is 10.1 Å². The lowest BCUT2D eigenvalue weighted by Crippen LogP contribution is -2.62. The second-order valence-corrected chi connectivity index (χ2v) is 7.98. The molecule has 0 bridgehead atoms. The molecule has 0 atom stereocenters. The molecule has 2 aliphatic heterocycles. The van der Waals surface area contributed by atoms with E-state index in [0.717, 1.165) is 6.07 Å². The molecule has 158 valence electrons. The molecule has 3 fully saturated rings. The molecular formula is C18H18ClF3N2O5. The van der Waals surface area contributed by atoms with Crippen LogP contribution in [-0.2, 0) is 20.9 Å². The Morgan fingerprint density at radius 3 is 2.66 bits per heavy atom. The van der Waals surface area contributed by atoms with E-state index >= 15 is 0 Å². The summed E-state index contributed by atoms with van der Waals surface area (Å²) in [5.74, 6) is -0.559. The van der Waals surface area contributed by atoms with Crippen LogP contribution in [0.5, 0.6) is 5.75 Å². The number of alkyl carbamates (subject to hydrolysis) is 1. The highest BCUT2D eigenvalue weighted by molar-refractivity contribution is 6.32. The van der Waals surface area contributed by atoms with Crippen molar-refractivity contribution < 1.29 is 37.0 Å². The summed E-state index contributed by atoms with van der Waals surface area (Å²) < 4.78 is 51.2. The van der Waals surface area contributed by atoms with Gasteiger partial charge in [-0.05, 0) is 30.5 Å². The van der Waals surface area contributed by atoms with Gasteiger partial charge in [0, 0.05) is 19.0 Å². The number of carbonyl (C=O) groups excluding carboxylic acids is 2. The highest BCUT2D eigenvalue weighted by Crippen LogP contribution is 2.42. The molecule has 0 radical (unpaired) electrons. The minimum Gasteiger partial charge on any atom is -0.447 e. The maximum absolute atomic E-state index is 12.4. The van der Waals surface area contributed by atoms with Crippen LogP contribution in [0.1, 0.15) is 18.4 Å². The third kappa shape index (κ3) is 4.37. The maximum Gasteiger partial charge on any atom is 0.573 e. The van der Waals surface area contributed by atoms with Crippen LogP contribution in [0.4, 0.5) is 18.0 Å². The third-order valence-electron chi connectivity index (χ3n) is 5.34. The predicted molar refractivity (Wildman–Crippen MR) is 93.2 cm³/mol. The van der Waals surface area contributed by atoms with Crippen molar-refractivity contribution in [1.29, 1.82) is 0 Å². The topological polar surface area (TPSA) is 77.1 Å². The monoisotopic (exact) mass is 434 g/mol. The van der Waals surface area contributed by atoms with Crippen LogP contribution in [0.15, 0.2) is 18.2 Å². The molecule has 4 rings (SSSR count). The summed E-state index contributed by atoms with van der Waals surface area (Å²) in [6.07, 6.45) is -4.24. The smallest absolute Gasteiger partial charge is 0.447 e. The van der Waals surface area contributed by atoms with Crippen molar-refractivity contribution in [3.05, 3.63) is 28.8 Å². The van der Waals surface area contributed by atoms with Gasteiger partial charge in [0.15, 0.2) is 0 Å². The number of benzene rings is 1. The Bertz CT molecular complexity index is 822. The Hall–Kier alpha value is -2.20. The number of nitrogens with one attached hydrogen (secondary N) is 1. The molecule has 1 spiro atoms. The van der Waals surface area contributed by atoms with Gasteiger partial charge < -0.3 is 24.4 Å². The number of ether oxygens (including phenoxy) is 3. The quantitative estimate of drug-likeness (QED) is 0.771. The van der Waals surface area contributed by atoms with Crippen LogP contribution in [0.2, 0.25) is 5.02 Å². The molecule has 2 amide bonds. The van der Waals surface area contributed by atoms with Gasteiger partial charge in [-0.1, -0.05) is 17.7 Å². The molecule has 2 heterocycles. The van der Waals surface area contributed by atoms with Gasteiger partial charge in [-0.15, -0.1) is 13.2 Å². The molecule has 1 aromatic carbocycles. The summed E-state index contributed by atoms with van der Waals surface area (Å²) in [6, 6.07) is 3.94. The van der Waals surface area contributed by atoms with Crippen molar-refractivity contribution >= 4 is 23.6 Å². The lowest BCUT2D eigenvalue weighted by atomic mass is 9.68. The third-order valence-corrected chi connectivity index (χ3v) is 5.63. The van der Waals surface area contributed by atoms with E-state index in [2.05, 4.69) is 10.1 Å². The molecule has 0 aromatic heterocycles. The summed E-state index contributed by atoms with van der Waals surface area (Å²) in [4.78, 5) is 25.3. The number of carbonyl (C=O) groups is 2. The first kappa shape index (κ1) is 20.1. The number of nitrogens with zero attached hydrogens (tertiary/aromatic N) is 1. The Balaban J connectivity index is 1.19. The van der Waals surface area contributed by atoms with Gasteiger partial charge in [-0.25, -0.2) is 4.79 Å². The highest BCUT2D eigenvalue weighted by atomic mass is 35.5. The zero-order valence-corrected chi connectivity index (χ0v) is 15.9. The van der Waals surface area contributed by atoms with Crippen molar-refractivity contribution in [2.75, 3.05) is 19.7 Å². The number of cyclic esters (lactones) is 1. The van der Waals surface area contributed by atoms with Crippen molar-refractivity contribution in [2.45, 2.75) is 37.5 Å². The fourth-order valence-corrected chi connectivity index (χ4v) is 4.05. The fourth-order valence-electron chi connectivity index (χ4n) is 3.81. The Morgan fingerprint density at radius 2 is 2.07 bits per heavy atom. The van der Waals surface area contributed by atoms with E-state index in [1.54, 1.807) is 4.90 Å². The van der Waals surface area contributed by atoms with E-state index in [9.17, 15) is 22.8 Å². The summed E-state index contributed by atoms with van der Waals surface area (Å²) in [6.45, 7) is 1.37. The lowest BCUT2D eigenvalue weighted by molar-refractivity contribution is -0.274. The first-order valence-electron chi connectivity index (χ1n) is 9.02. The first-order valence-corrected chi connectivity index (χ1v) is 9.40. The normalized spacial score (nSPS) is 26.6. The minimum atomic E-state index is -4.81. The summed E-state index contributed by atoms with van der Waals surface area (Å²) in [5, 5.41) is 2.60. The number of alkyl halides is 3. The Morgan fingerprint density at radius 1 is 1.34 bits per heavy atom. The maximum atomic E-state index is 12.4. The molecule has 1 aromatic rings. The van der Waals surface area contributed by atoms with Crippen molar-refractivity contribution in [1.82, 2.24) is 10.2 Å². The van der Waals surface area contributed by atoms with Crippen molar-refractivity contribution in [3.63, 3.8) is 0 Å².